The summed E-state index contributed by atoms with van der Waals surface area (Å²) < 4.78 is 2.91. The molecule has 0 bridgehead atoms. The van der Waals surface area contributed by atoms with E-state index >= 15 is 0 Å². The van der Waals surface area contributed by atoms with E-state index < -0.39 is 0 Å². The van der Waals surface area contributed by atoms with Crippen LogP contribution < -0.4 is 5.56 Å². The van der Waals surface area contributed by atoms with Crippen molar-refractivity contribution in [2.45, 2.75) is 25.8 Å². The van der Waals surface area contributed by atoms with E-state index in [9.17, 15) is 4.79 Å². The number of nitrogens with zero attached hydrogens (tertiary/aromatic N) is 1. The highest BCUT2D eigenvalue weighted by molar-refractivity contribution is 7.13. The molecule has 1 heterocycles. The Hall–Kier alpha value is -1.13. The number of aliphatic hydroxyl groups excluding tert-OH is 1. The lowest BCUT2D eigenvalue weighted by atomic mass is 10.0. The fourth-order valence-electron chi connectivity index (χ4n) is 2.33. The average molecular weight is 249 g/mol. The van der Waals surface area contributed by atoms with Gasteiger partial charge in [-0.2, -0.15) is 0 Å². The van der Waals surface area contributed by atoms with Gasteiger partial charge in [-0.1, -0.05) is 23.7 Å². The van der Waals surface area contributed by atoms with Crippen molar-refractivity contribution in [3.8, 4) is 0 Å². The molecule has 1 fully saturated rings. The van der Waals surface area contributed by atoms with Crippen molar-refractivity contribution in [1.29, 1.82) is 0 Å². The van der Waals surface area contributed by atoms with E-state index in [-0.39, 0.29) is 17.6 Å². The van der Waals surface area contributed by atoms with Gasteiger partial charge in [-0.15, -0.1) is 0 Å². The molecule has 90 valence electrons. The summed E-state index contributed by atoms with van der Waals surface area (Å²) in [6.45, 7) is 0.991. The molecule has 1 aliphatic rings. The third-order valence-corrected chi connectivity index (χ3v) is 4.70. The highest BCUT2D eigenvalue weighted by Gasteiger charge is 2.42. The van der Waals surface area contributed by atoms with Crippen molar-refractivity contribution in [2.75, 3.05) is 6.61 Å². The molecule has 0 aliphatic heterocycles. The van der Waals surface area contributed by atoms with E-state index in [0.29, 0.717) is 0 Å². The van der Waals surface area contributed by atoms with Crippen LogP contribution in [0.3, 0.4) is 0 Å². The van der Waals surface area contributed by atoms with Crippen molar-refractivity contribution in [1.82, 2.24) is 3.96 Å². The smallest absolute Gasteiger partial charge is 0.268 e. The summed E-state index contributed by atoms with van der Waals surface area (Å²) in [5.41, 5.74) is 0.314. The third-order valence-electron chi connectivity index (χ3n) is 3.63. The average Bonchev–Trinajstić information content (AvgIpc) is 3.01. The molecular formula is C13H15NO2S. The predicted molar refractivity (Wildman–Crippen MR) is 69.5 cm³/mol. The van der Waals surface area contributed by atoms with Crippen molar-refractivity contribution in [2.24, 2.45) is 5.41 Å². The molecule has 1 saturated carbocycles. The second kappa shape index (κ2) is 3.96. The first-order valence-electron chi connectivity index (χ1n) is 5.94. The SMILES string of the molecule is O=c1c2ccccc2sn1CC1(CCO)CC1. The zero-order valence-electron chi connectivity index (χ0n) is 9.56. The van der Waals surface area contributed by atoms with Crippen LogP contribution in [0.4, 0.5) is 0 Å². The van der Waals surface area contributed by atoms with Gasteiger partial charge in [0, 0.05) is 13.2 Å². The molecule has 1 N–H and O–H groups in total. The summed E-state index contributed by atoms with van der Waals surface area (Å²) in [4.78, 5) is 12.1. The summed E-state index contributed by atoms with van der Waals surface area (Å²) in [5, 5.41) is 9.86. The van der Waals surface area contributed by atoms with Crippen LogP contribution >= 0.6 is 11.5 Å². The summed E-state index contributed by atoms with van der Waals surface area (Å²) in [5.74, 6) is 0. The van der Waals surface area contributed by atoms with Gasteiger partial charge in [-0.25, -0.2) is 0 Å². The molecule has 3 nitrogen and oxygen atoms in total. The number of hydrogen-bond acceptors (Lipinski definition) is 3. The van der Waals surface area contributed by atoms with E-state index in [1.165, 1.54) is 11.5 Å². The lowest BCUT2D eigenvalue weighted by molar-refractivity contribution is 0.238. The van der Waals surface area contributed by atoms with Crippen molar-refractivity contribution < 1.29 is 5.11 Å². The van der Waals surface area contributed by atoms with Gasteiger partial charge < -0.3 is 5.11 Å². The van der Waals surface area contributed by atoms with E-state index in [4.69, 9.17) is 5.11 Å². The van der Waals surface area contributed by atoms with Gasteiger partial charge in [0.15, 0.2) is 0 Å². The Balaban J connectivity index is 1.96. The van der Waals surface area contributed by atoms with Crippen LogP contribution in [0.15, 0.2) is 29.1 Å². The summed E-state index contributed by atoms with van der Waals surface area (Å²) in [7, 11) is 0. The van der Waals surface area contributed by atoms with Crippen LogP contribution in [0.1, 0.15) is 19.3 Å². The minimum atomic E-state index is 0.120. The molecule has 1 aromatic heterocycles. The maximum absolute atomic E-state index is 12.1. The molecule has 0 spiro atoms. The topological polar surface area (TPSA) is 42.2 Å². The minimum Gasteiger partial charge on any atom is -0.396 e. The number of aromatic nitrogens is 1. The molecule has 1 aromatic carbocycles. The highest BCUT2D eigenvalue weighted by atomic mass is 32.1. The number of rotatable bonds is 4. The maximum Gasteiger partial charge on any atom is 0.268 e. The van der Waals surface area contributed by atoms with Crippen molar-refractivity contribution in [3.63, 3.8) is 0 Å². The molecule has 0 atom stereocenters. The van der Waals surface area contributed by atoms with Crippen LogP contribution in [0, 0.1) is 5.41 Å². The Kier molecular flexibility index (Phi) is 2.56. The molecule has 1 aliphatic carbocycles. The van der Waals surface area contributed by atoms with Gasteiger partial charge in [0.1, 0.15) is 0 Å². The van der Waals surface area contributed by atoms with Crippen LogP contribution in [0.25, 0.3) is 10.1 Å². The molecule has 0 saturated heterocycles. The second-order valence-corrected chi connectivity index (χ2v) is 5.97. The van der Waals surface area contributed by atoms with Crippen LogP contribution in [-0.4, -0.2) is 15.7 Å². The highest BCUT2D eigenvalue weighted by Crippen LogP contribution is 2.50. The standard InChI is InChI=1S/C13H15NO2S/c15-8-7-13(5-6-13)9-14-12(16)10-3-1-2-4-11(10)17-14/h1-4,15H,5-9H2. The Labute approximate surface area is 103 Å². The molecule has 0 radical (unpaired) electrons. The molecule has 2 aromatic rings. The Bertz CT molecular complexity index is 595. The van der Waals surface area contributed by atoms with Crippen LogP contribution in [0.2, 0.25) is 0 Å². The number of benzene rings is 1. The lowest BCUT2D eigenvalue weighted by Gasteiger charge is -2.12. The molecular weight excluding hydrogens is 234 g/mol. The largest absolute Gasteiger partial charge is 0.396 e. The van der Waals surface area contributed by atoms with Gasteiger partial charge >= 0.3 is 0 Å². The number of fused-ring (bicyclic) bond motifs is 1. The number of aliphatic hydroxyl groups is 1. The van der Waals surface area contributed by atoms with E-state index in [0.717, 1.165) is 35.9 Å². The normalized spacial score (nSPS) is 17.5. The quantitative estimate of drug-likeness (QED) is 0.902. The molecule has 3 rings (SSSR count). The zero-order valence-corrected chi connectivity index (χ0v) is 10.4. The Morgan fingerprint density at radius 3 is 2.76 bits per heavy atom. The predicted octanol–water partition coefficient (Wildman–Crippen LogP) is 2.23. The van der Waals surface area contributed by atoms with Crippen LogP contribution in [-0.2, 0) is 6.54 Å². The molecule has 0 amide bonds. The van der Waals surface area contributed by atoms with Gasteiger partial charge in [-0.3, -0.25) is 8.75 Å². The summed E-state index contributed by atoms with van der Waals surface area (Å²) in [6.07, 6.45) is 3.08. The van der Waals surface area contributed by atoms with Crippen molar-refractivity contribution >= 4 is 21.6 Å². The fourth-order valence-corrected chi connectivity index (χ4v) is 3.48. The Morgan fingerprint density at radius 2 is 2.12 bits per heavy atom. The number of hydrogen-bond donors (Lipinski definition) is 1. The van der Waals surface area contributed by atoms with Crippen molar-refractivity contribution in [3.05, 3.63) is 34.6 Å². The third kappa shape index (κ3) is 1.91. The van der Waals surface area contributed by atoms with Crippen LogP contribution in [0.5, 0.6) is 0 Å². The van der Waals surface area contributed by atoms with Gasteiger partial charge in [0.05, 0.1) is 10.1 Å². The fraction of sp³-hybridized carbons (Fsp3) is 0.462. The van der Waals surface area contributed by atoms with E-state index in [2.05, 4.69) is 0 Å². The minimum absolute atomic E-state index is 0.120. The first-order valence-corrected chi connectivity index (χ1v) is 6.71. The van der Waals surface area contributed by atoms with E-state index in [1.807, 2.05) is 28.2 Å². The maximum atomic E-state index is 12.1. The second-order valence-electron chi connectivity index (χ2n) is 4.90. The zero-order chi connectivity index (χ0) is 11.9. The monoisotopic (exact) mass is 249 g/mol. The molecule has 4 heteroatoms. The molecule has 0 unspecified atom stereocenters. The van der Waals surface area contributed by atoms with Gasteiger partial charge in [0.25, 0.3) is 5.56 Å². The van der Waals surface area contributed by atoms with Gasteiger partial charge in [0.2, 0.25) is 0 Å². The summed E-state index contributed by atoms with van der Waals surface area (Å²) in [6, 6.07) is 7.74. The molecule has 17 heavy (non-hydrogen) atoms. The lowest BCUT2D eigenvalue weighted by Crippen LogP contribution is -2.20. The first kappa shape index (κ1) is 11.0. The van der Waals surface area contributed by atoms with E-state index in [1.54, 1.807) is 0 Å². The Morgan fingerprint density at radius 1 is 1.35 bits per heavy atom. The van der Waals surface area contributed by atoms with Gasteiger partial charge in [-0.05, 0) is 36.8 Å². The first-order chi connectivity index (χ1) is 8.24. The summed E-state index contributed by atoms with van der Waals surface area (Å²) >= 11 is 1.54.